The van der Waals surface area contributed by atoms with Crippen molar-refractivity contribution in [2.45, 2.75) is 19.0 Å². The zero-order valence-electron chi connectivity index (χ0n) is 14.9. The van der Waals surface area contributed by atoms with Crippen molar-refractivity contribution in [3.05, 3.63) is 63.1 Å². The SMILES string of the molecule is COc1ccc(C=Cc2c(Cl)cccc2Cl)cc1CCCNC(=O)C(F)(F)F. The maximum absolute atomic E-state index is 12.2. The number of methoxy groups -OCH3 is 1. The van der Waals surface area contributed by atoms with Crippen molar-refractivity contribution >= 4 is 41.3 Å². The first kappa shape index (κ1) is 22.1. The minimum atomic E-state index is -4.87. The fraction of sp³-hybridized carbons (Fsp3) is 0.250. The summed E-state index contributed by atoms with van der Waals surface area (Å²) in [6.45, 7) is -0.0865. The van der Waals surface area contributed by atoms with Crippen LogP contribution in [-0.4, -0.2) is 25.7 Å². The van der Waals surface area contributed by atoms with Gasteiger partial charge in [0.05, 0.1) is 7.11 Å². The van der Waals surface area contributed by atoms with Gasteiger partial charge in [-0.1, -0.05) is 47.5 Å². The van der Waals surface area contributed by atoms with Crippen molar-refractivity contribution < 1.29 is 22.7 Å². The molecule has 2 rings (SSSR count). The molecule has 3 nitrogen and oxygen atoms in total. The first-order chi connectivity index (χ1) is 13.2. The number of rotatable bonds is 7. The van der Waals surface area contributed by atoms with Gasteiger partial charge in [0, 0.05) is 22.2 Å². The van der Waals surface area contributed by atoms with E-state index >= 15 is 0 Å². The molecule has 0 aliphatic rings. The molecule has 0 fully saturated rings. The van der Waals surface area contributed by atoms with E-state index in [1.165, 1.54) is 7.11 Å². The van der Waals surface area contributed by atoms with Gasteiger partial charge < -0.3 is 10.1 Å². The Hall–Kier alpha value is -2.18. The molecular weight excluding hydrogens is 414 g/mol. The van der Waals surface area contributed by atoms with Crippen LogP contribution < -0.4 is 10.1 Å². The third-order valence-electron chi connectivity index (χ3n) is 3.91. The zero-order chi connectivity index (χ0) is 20.7. The summed E-state index contributed by atoms with van der Waals surface area (Å²) >= 11 is 12.3. The molecule has 0 spiro atoms. The number of alkyl halides is 3. The molecule has 0 saturated heterocycles. The molecule has 150 valence electrons. The standard InChI is InChI=1S/C20H18Cl2F3NO2/c1-28-18-10-8-13(7-9-15-16(21)5-2-6-17(15)22)12-14(18)4-3-11-26-19(27)20(23,24)25/h2,5-10,12H,3-4,11H2,1H3,(H,26,27). The molecule has 0 saturated carbocycles. The van der Waals surface area contributed by atoms with Crippen molar-refractivity contribution in [1.82, 2.24) is 5.32 Å². The van der Waals surface area contributed by atoms with E-state index in [9.17, 15) is 18.0 Å². The van der Waals surface area contributed by atoms with E-state index in [-0.39, 0.29) is 6.54 Å². The van der Waals surface area contributed by atoms with E-state index in [0.29, 0.717) is 34.2 Å². The number of carbonyl (C=O) groups is 1. The monoisotopic (exact) mass is 431 g/mol. The largest absolute Gasteiger partial charge is 0.496 e. The van der Waals surface area contributed by atoms with Crippen LogP contribution in [0.3, 0.4) is 0 Å². The highest BCUT2D eigenvalue weighted by Gasteiger charge is 2.38. The van der Waals surface area contributed by atoms with Crippen molar-refractivity contribution in [2.24, 2.45) is 0 Å². The van der Waals surface area contributed by atoms with E-state index in [1.54, 1.807) is 30.3 Å². The molecule has 0 unspecified atom stereocenters. The van der Waals surface area contributed by atoms with E-state index < -0.39 is 12.1 Å². The van der Waals surface area contributed by atoms with Gasteiger partial charge >= 0.3 is 12.1 Å². The fourth-order valence-electron chi connectivity index (χ4n) is 2.53. The fourth-order valence-corrected chi connectivity index (χ4v) is 3.05. The van der Waals surface area contributed by atoms with Gasteiger partial charge in [-0.3, -0.25) is 4.79 Å². The number of hydrogen-bond donors (Lipinski definition) is 1. The molecule has 28 heavy (non-hydrogen) atoms. The minimum Gasteiger partial charge on any atom is -0.496 e. The van der Waals surface area contributed by atoms with Gasteiger partial charge in [-0.15, -0.1) is 0 Å². The molecule has 0 aliphatic carbocycles. The molecule has 0 aromatic heterocycles. The van der Waals surface area contributed by atoms with Gasteiger partial charge in [0.15, 0.2) is 0 Å². The van der Waals surface area contributed by atoms with E-state index in [0.717, 1.165) is 11.1 Å². The van der Waals surface area contributed by atoms with Crippen LogP contribution in [0.4, 0.5) is 13.2 Å². The molecule has 1 amide bonds. The summed E-state index contributed by atoms with van der Waals surface area (Å²) in [5.41, 5.74) is 2.36. The maximum atomic E-state index is 12.2. The van der Waals surface area contributed by atoms with Crippen molar-refractivity contribution in [3.63, 3.8) is 0 Å². The van der Waals surface area contributed by atoms with Gasteiger partial charge in [-0.2, -0.15) is 13.2 Å². The Morgan fingerprint density at radius 2 is 1.82 bits per heavy atom. The Labute approximate surface area is 171 Å². The summed E-state index contributed by atoms with van der Waals surface area (Å²) in [7, 11) is 1.52. The second-order valence-corrected chi connectivity index (χ2v) is 6.71. The Bertz CT molecular complexity index is 847. The van der Waals surface area contributed by atoms with Gasteiger partial charge in [-0.25, -0.2) is 0 Å². The average Bonchev–Trinajstić information content (AvgIpc) is 2.64. The molecule has 0 radical (unpaired) electrons. The Morgan fingerprint density at radius 1 is 1.14 bits per heavy atom. The molecule has 0 bridgehead atoms. The topological polar surface area (TPSA) is 38.3 Å². The lowest BCUT2D eigenvalue weighted by atomic mass is 10.0. The summed E-state index contributed by atoms with van der Waals surface area (Å²) in [5, 5.41) is 2.91. The van der Waals surface area contributed by atoms with Gasteiger partial charge in [-0.05, 0) is 48.2 Å². The number of carbonyl (C=O) groups excluding carboxylic acids is 1. The molecule has 0 atom stereocenters. The van der Waals surface area contributed by atoms with Crippen LogP contribution in [0.15, 0.2) is 36.4 Å². The lowest BCUT2D eigenvalue weighted by Gasteiger charge is -2.11. The number of aryl methyl sites for hydroxylation is 1. The number of halogens is 5. The first-order valence-electron chi connectivity index (χ1n) is 8.36. The molecular formula is C20H18Cl2F3NO2. The lowest BCUT2D eigenvalue weighted by molar-refractivity contribution is -0.173. The van der Waals surface area contributed by atoms with Crippen LogP contribution in [-0.2, 0) is 11.2 Å². The third-order valence-corrected chi connectivity index (χ3v) is 4.57. The molecule has 8 heteroatoms. The third kappa shape index (κ3) is 6.17. The maximum Gasteiger partial charge on any atom is 0.471 e. The number of hydrogen-bond acceptors (Lipinski definition) is 2. The summed E-state index contributed by atoms with van der Waals surface area (Å²) in [4.78, 5) is 10.8. The number of nitrogens with one attached hydrogen (secondary N) is 1. The van der Waals surface area contributed by atoms with Crippen LogP contribution in [0, 0.1) is 0 Å². The molecule has 1 N–H and O–H groups in total. The molecule has 0 aliphatic heterocycles. The summed E-state index contributed by atoms with van der Waals surface area (Å²) < 4.78 is 41.9. The lowest BCUT2D eigenvalue weighted by Crippen LogP contribution is -2.37. The van der Waals surface area contributed by atoms with Crippen LogP contribution in [0.2, 0.25) is 10.0 Å². The first-order valence-corrected chi connectivity index (χ1v) is 9.12. The highest BCUT2D eigenvalue weighted by molar-refractivity contribution is 6.37. The number of benzene rings is 2. The van der Waals surface area contributed by atoms with Crippen LogP contribution in [0.5, 0.6) is 5.75 Å². The van der Waals surface area contributed by atoms with Gasteiger partial charge in [0.1, 0.15) is 5.75 Å². The number of amides is 1. The van der Waals surface area contributed by atoms with E-state index in [4.69, 9.17) is 27.9 Å². The molecule has 2 aromatic rings. The average molecular weight is 432 g/mol. The highest BCUT2D eigenvalue weighted by Crippen LogP contribution is 2.27. The quantitative estimate of drug-likeness (QED) is 0.445. The highest BCUT2D eigenvalue weighted by atomic mass is 35.5. The minimum absolute atomic E-state index is 0.0865. The van der Waals surface area contributed by atoms with Crippen molar-refractivity contribution in [3.8, 4) is 5.75 Å². The van der Waals surface area contributed by atoms with E-state index in [1.807, 2.05) is 23.5 Å². The van der Waals surface area contributed by atoms with Crippen LogP contribution in [0.25, 0.3) is 12.2 Å². The predicted octanol–water partition coefficient (Wildman–Crippen LogP) is 5.78. The smallest absolute Gasteiger partial charge is 0.471 e. The summed E-state index contributed by atoms with van der Waals surface area (Å²) in [6, 6.07) is 10.7. The van der Waals surface area contributed by atoms with Crippen LogP contribution >= 0.6 is 23.2 Å². The Morgan fingerprint density at radius 3 is 2.43 bits per heavy atom. The van der Waals surface area contributed by atoms with Gasteiger partial charge in [0.2, 0.25) is 0 Å². The van der Waals surface area contributed by atoms with Crippen molar-refractivity contribution in [2.75, 3.05) is 13.7 Å². The summed E-state index contributed by atoms with van der Waals surface area (Å²) in [5.74, 6) is -1.32. The second kappa shape index (κ2) is 9.85. The van der Waals surface area contributed by atoms with E-state index in [2.05, 4.69) is 0 Å². The predicted molar refractivity (Wildman–Crippen MR) is 106 cm³/mol. The molecule has 2 aromatic carbocycles. The Balaban J connectivity index is 2.07. The van der Waals surface area contributed by atoms with Crippen LogP contribution in [0.1, 0.15) is 23.1 Å². The Kier molecular flexibility index (Phi) is 7.78. The summed E-state index contributed by atoms with van der Waals surface area (Å²) in [6.07, 6.45) is -0.471. The normalized spacial score (nSPS) is 11.6. The second-order valence-electron chi connectivity index (χ2n) is 5.90. The van der Waals surface area contributed by atoms with Gasteiger partial charge in [0.25, 0.3) is 0 Å². The zero-order valence-corrected chi connectivity index (χ0v) is 16.5. The molecule has 0 heterocycles. The number of ether oxygens (including phenoxy) is 1. The van der Waals surface area contributed by atoms with Crippen molar-refractivity contribution in [1.29, 1.82) is 0 Å².